The minimum atomic E-state index is -0.498. The van der Waals surface area contributed by atoms with Crippen molar-refractivity contribution < 1.29 is 18.7 Å². The van der Waals surface area contributed by atoms with Crippen molar-refractivity contribution in [3.05, 3.63) is 29.6 Å². The summed E-state index contributed by atoms with van der Waals surface area (Å²) < 4.78 is 18.8. The predicted molar refractivity (Wildman–Crippen MR) is 97.3 cm³/mol. The summed E-state index contributed by atoms with van der Waals surface area (Å²) in [7, 11) is 1.57. The second kappa shape index (κ2) is 8.98. The molecule has 1 aliphatic rings. The van der Waals surface area contributed by atoms with Gasteiger partial charge in [0, 0.05) is 45.2 Å². The quantitative estimate of drug-likeness (QED) is 0.833. The Balaban J connectivity index is 1.95. The van der Waals surface area contributed by atoms with Crippen LogP contribution in [-0.2, 0) is 16.1 Å². The van der Waals surface area contributed by atoms with Crippen molar-refractivity contribution >= 4 is 11.8 Å². The number of carbonyl (C=O) groups excluding carboxylic acids is 2. The van der Waals surface area contributed by atoms with Gasteiger partial charge in [-0.2, -0.15) is 0 Å². The fourth-order valence-corrected chi connectivity index (χ4v) is 3.17. The summed E-state index contributed by atoms with van der Waals surface area (Å²) in [6.45, 7) is 8.39. The SMILES string of the molecule is COc1ccc(F)cc1CN1CCN(C(=O)[C@H](NC(C)=O)C(C)C)CC1. The summed E-state index contributed by atoms with van der Waals surface area (Å²) in [5.74, 6) is 0.160. The Hall–Kier alpha value is -2.15. The van der Waals surface area contributed by atoms with E-state index in [1.54, 1.807) is 18.1 Å². The van der Waals surface area contributed by atoms with Crippen molar-refractivity contribution in [3.63, 3.8) is 0 Å². The monoisotopic (exact) mass is 365 g/mol. The third kappa shape index (κ3) is 5.17. The van der Waals surface area contributed by atoms with Crippen LogP contribution in [-0.4, -0.2) is 60.9 Å². The number of carbonyl (C=O) groups is 2. The van der Waals surface area contributed by atoms with Crippen LogP contribution in [0.3, 0.4) is 0 Å². The molecule has 1 N–H and O–H groups in total. The first-order valence-electron chi connectivity index (χ1n) is 8.92. The lowest BCUT2D eigenvalue weighted by molar-refractivity contribution is -0.138. The van der Waals surface area contributed by atoms with Gasteiger partial charge >= 0.3 is 0 Å². The van der Waals surface area contributed by atoms with Gasteiger partial charge in [0.1, 0.15) is 17.6 Å². The number of methoxy groups -OCH3 is 1. The van der Waals surface area contributed by atoms with E-state index in [1.165, 1.54) is 19.1 Å². The minimum Gasteiger partial charge on any atom is -0.496 e. The molecule has 0 saturated carbocycles. The van der Waals surface area contributed by atoms with Crippen LogP contribution in [0.5, 0.6) is 5.75 Å². The van der Waals surface area contributed by atoms with Gasteiger partial charge in [0.25, 0.3) is 0 Å². The third-order valence-electron chi connectivity index (χ3n) is 4.61. The normalized spacial score (nSPS) is 16.5. The highest BCUT2D eigenvalue weighted by molar-refractivity contribution is 5.87. The molecule has 1 atom stereocenters. The van der Waals surface area contributed by atoms with E-state index in [4.69, 9.17) is 4.74 Å². The highest BCUT2D eigenvalue weighted by Crippen LogP contribution is 2.22. The molecule has 0 unspecified atom stereocenters. The molecule has 0 bridgehead atoms. The molecular formula is C19H28FN3O3. The molecule has 7 heteroatoms. The van der Waals surface area contributed by atoms with Crippen molar-refractivity contribution in [1.29, 1.82) is 0 Å². The van der Waals surface area contributed by atoms with Gasteiger partial charge in [-0.05, 0) is 24.1 Å². The maximum absolute atomic E-state index is 13.5. The molecule has 2 amide bonds. The van der Waals surface area contributed by atoms with E-state index in [1.807, 2.05) is 13.8 Å². The van der Waals surface area contributed by atoms with Crippen molar-refractivity contribution in [2.75, 3.05) is 33.3 Å². The largest absolute Gasteiger partial charge is 0.496 e. The lowest BCUT2D eigenvalue weighted by atomic mass is 10.0. The maximum atomic E-state index is 13.5. The van der Waals surface area contributed by atoms with Crippen LogP contribution >= 0.6 is 0 Å². The molecule has 1 aromatic rings. The van der Waals surface area contributed by atoms with Crippen molar-refractivity contribution in [2.24, 2.45) is 5.92 Å². The number of piperazine rings is 1. The summed E-state index contributed by atoms with van der Waals surface area (Å²) in [4.78, 5) is 28.0. The first kappa shape index (κ1) is 20.2. The maximum Gasteiger partial charge on any atom is 0.245 e. The number of benzene rings is 1. The molecular weight excluding hydrogens is 337 g/mol. The Labute approximate surface area is 154 Å². The summed E-state index contributed by atoms with van der Waals surface area (Å²) >= 11 is 0. The van der Waals surface area contributed by atoms with Crippen LogP contribution < -0.4 is 10.1 Å². The topological polar surface area (TPSA) is 61.9 Å². The van der Waals surface area contributed by atoms with Gasteiger partial charge in [-0.25, -0.2) is 4.39 Å². The molecule has 0 spiro atoms. The van der Waals surface area contributed by atoms with E-state index in [0.717, 1.165) is 5.56 Å². The molecule has 26 heavy (non-hydrogen) atoms. The van der Waals surface area contributed by atoms with E-state index in [2.05, 4.69) is 10.2 Å². The summed E-state index contributed by atoms with van der Waals surface area (Å²) in [6, 6.07) is 4.00. The zero-order chi connectivity index (χ0) is 19.3. The fraction of sp³-hybridized carbons (Fsp3) is 0.579. The van der Waals surface area contributed by atoms with Crippen molar-refractivity contribution in [2.45, 2.75) is 33.4 Å². The second-order valence-corrected chi connectivity index (χ2v) is 6.98. The molecule has 0 radical (unpaired) electrons. The highest BCUT2D eigenvalue weighted by Gasteiger charge is 2.30. The zero-order valence-electron chi connectivity index (χ0n) is 15.9. The van der Waals surface area contributed by atoms with E-state index >= 15 is 0 Å². The van der Waals surface area contributed by atoms with Gasteiger partial charge in [0.15, 0.2) is 0 Å². The number of amides is 2. The lowest BCUT2D eigenvalue weighted by Gasteiger charge is -2.37. The smallest absolute Gasteiger partial charge is 0.245 e. The molecule has 2 rings (SSSR count). The van der Waals surface area contributed by atoms with E-state index in [9.17, 15) is 14.0 Å². The van der Waals surface area contributed by atoms with Crippen LogP contribution in [0, 0.1) is 11.7 Å². The number of nitrogens with zero attached hydrogens (tertiary/aromatic N) is 2. The molecule has 1 aliphatic heterocycles. The number of rotatable bonds is 6. The molecule has 1 aromatic carbocycles. The highest BCUT2D eigenvalue weighted by atomic mass is 19.1. The van der Waals surface area contributed by atoms with Crippen LogP contribution in [0.2, 0.25) is 0 Å². The van der Waals surface area contributed by atoms with Gasteiger partial charge in [0.2, 0.25) is 11.8 Å². The molecule has 144 valence electrons. The van der Waals surface area contributed by atoms with Crippen LogP contribution in [0.4, 0.5) is 4.39 Å². The van der Waals surface area contributed by atoms with Crippen LogP contribution in [0.15, 0.2) is 18.2 Å². The third-order valence-corrected chi connectivity index (χ3v) is 4.61. The first-order chi connectivity index (χ1) is 12.3. The van der Waals surface area contributed by atoms with E-state index < -0.39 is 6.04 Å². The number of nitrogens with one attached hydrogen (secondary N) is 1. The number of hydrogen-bond acceptors (Lipinski definition) is 4. The molecule has 6 nitrogen and oxygen atoms in total. The Morgan fingerprint density at radius 2 is 1.88 bits per heavy atom. The van der Waals surface area contributed by atoms with Crippen LogP contribution in [0.25, 0.3) is 0 Å². The Kier molecular flexibility index (Phi) is 6.97. The number of ether oxygens (including phenoxy) is 1. The Morgan fingerprint density at radius 3 is 2.42 bits per heavy atom. The van der Waals surface area contributed by atoms with Gasteiger partial charge in [-0.15, -0.1) is 0 Å². The molecule has 0 aliphatic carbocycles. The van der Waals surface area contributed by atoms with E-state index in [0.29, 0.717) is 38.5 Å². The Bertz CT molecular complexity index is 643. The molecule has 0 aromatic heterocycles. The van der Waals surface area contributed by atoms with Crippen molar-refractivity contribution in [1.82, 2.24) is 15.1 Å². The van der Waals surface area contributed by atoms with Crippen LogP contribution in [0.1, 0.15) is 26.3 Å². The van der Waals surface area contributed by atoms with Gasteiger partial charge in [0.05, 0.1) is 7.11 Å². The molecule has 1 heterocycles. The lowest BCUT2D eigenvalue weighted by Crippen LogP contribution is -2.56. The van der Waals surface area contributed by atoms with Gasteiger partial charge in [-0.1, -0.05) is 13.8 Å². The summed E-state index contributed by atoms with van der Waals surface area (Å²) in [5.41, 5.74) is 0.797. The standard InChI is InChI=1S/C19H28FN3O3/c1-13(2)18(21-14(3)24)19(25)23-9-7-22(8-10-23)12-15-11-16(20)5-6-17(15)26-4/h5-6,11,13,18H,7-10,12H2,1-4H3,(H,21,24)/t18-/m1/s1. The van der Waals surface area contributed by atoms with E-state index in [-0.39, 0.29) is 23.5 Å². The average Bonchev–Trinajstić information content (AvgIpc) is 2.59. The fourth-order valence-electron chi connectivity index (χ4n) is 3.17. The zero-order valence-corrected chi connectivity index (χ0v) is 15.9. The summed E-state index contributed by atoms with van der Waals surface area (Å²) in [6.07, 6.45) is 0. The molecule has 1 saturated heterocycles. The minimum absolute atomic E-state index is 0.0287. The van der Waals surface area contributed by atoms with Crippen molar-refractivity contribution in [3.8, 4) is 5.75 Å². The summed E-state index contributed by atoms with van der Waals surface area (Å²) in [5, 5.41) is 2.75. The first-order valence-corrected chi connectivity index (χ1v) is 8.92. The molecule has 1 fully saturated rings. The number of halogens is 1. The Morgan fingerprint density at radius 1 is 1.23 bits per heavy atom. The average molecular weight is 365 g/mol. The van der Waals surface area contributed by atoms with Gasteiger partial charge < -0.3 is 15.0 Å². The number of hydrogen-bond donors (Lipinski definition) is 1. The van der Waals surface area contributed by atoms with Gasteiger partial charge in [-0.3, -0.25) is 14.5 Å². The predicted octanol–water partition coefficient (Wildman–Crippen LogP) is 1.64. The second-order valence-electron chi connectivity index (χ2n) is 6.98.